The van der Waals surface area contributed by atoms with Gasteiger partial charge in [0.05, 0.1) is 4.90 Å². The predicted octanol–water partition coefficient (Wildman–Crippen LogP) is 2.37. The van der Waals surface area contributed by atoms with E-state index in [1.807, 2.05) is 19.1 Å². The third kappa shape index (κ3) is 4.98. The first-order chi connectivity index (χ1) is 15.0. The van der Waals surface area contributed by atoms with Crippen LogP contribution in [0, 0.1) is 0 Å². The summed E-state index contributed by atoms with van der Waals surface area (Å²) in [7, 11) is -3.54. The van der Waals surface area contributed by atoms with Crippen LogP contribution in [0.3, 0.4) is 0 Å². The molecule has 0 saturated carbocycles. The SMILES string of the molecule is CCCc1noc(CCC(=O)N2CCN(S(=O)(=O)c3ccc4c(c3)CCCC4)CC2)n1. The largest absolute Gasteiger partial charge is 0.340 e. The Bertz CT molecular complexity index is 1030. The number of nitrogens with zero attached hydrogens (tertiary/aromatic N) is 4. The van der Waals surface area contributed by atoms with Gasteiger partial charge in [-0.05, 0) is 55.4 Å². The van der Waals surface area contributed by atoms with Crippen molar-refractivity contribution >= 4 is 15.9 Å². The Kier molecular flexibility index (Phi) is 6.71. The van der Waals surface area contributed by atoms with Crippen LogP contribution in [-0.2, 0) is 40.5 Å². The van der Waals surface area contributed by atoms with Gasteiger partial charge in [0.15, 0.2) is 5.82 Å². The average Bonchev–Trinajstić information content (AvgIpc) is 3.25. The summed E-state index contributed by atoms with van der Waals surface area (Å²) in [6.45, 7) is 3.46. The zero-order valence-electron chi connectivity index (χ0n) is 18.0. The molecule has 4 rings (SSSR count). The first kappa shape index (κ1) is 22.0. The predicted molar refractivity (Wildman–Crippen MR) is 115 cm³/mol. The normalized spacial score (nSPS) is 17.5. The molecule has 2 aromatic rings. The number of hydrogen-bond donors (Lipinski definition) is 0. The smallest absolute Gasteiger partial charge is 0.243 e. The number of aryl methyl sites for hydroxylation is 4. The van der Waals surface area contributed by atoms with Crippen LogP contribution < -0.4 is 0 Å². The number of sulfonamides is 1. The van der Waals surface area contributed by atoms with Crippen LogP contribution >= 0.6 is 0 Å². The summed E-state index contributed by atoms with van der Waals surface area (Å²) in [4.78, 5) is 18.9. The highest BCUT2D eigenvalue weighted by atomic mass is 32.2. The summed E-state index contributed by atoms with van der Waals surface area (Å²) in [6, 6.07) is 5.54. The lowest BCUT2D eigenvalue weighted by molar-refractivity contribution is -0.132. The third-order valence-corrected chi connectivity index (χ3v) is 7.98. The maximum absolute atomic E-state index is 13.1. The van der Waals surface area contributed by atoms with Crippen molar-refractivity contribution in [2.24, 2.45) is 0 Å². The molecule has 31 heavy (non-hydrogen) atoms. The molecule has 2 aliphatic rings. The average molecular weight is 447 g/mol. The molecule has 0 unspecified atom stereocenters. The molecule has 2 heterocycles. The minimum atomic E-state index is -3.54. The van der Waals surface area contributed by atoms with Crippen molar-refractivity contribution < 1.29 is 17.7 Å². The second-order valence-electron chi connectivity index (χ2n) is 8.28. The molecule has 0 bridgehead atoms. The van der Waals surface area contributed by atoms with Gasteiger partial charge in [-0.2, -0.15) is 9.29 Å². The molecule has 168 valence electrons. The van der Waals surface area contributed by atoms with Crippen molar-refractivity contribution in [2.45, 2.75) is 63.2 Å². The van der Waals surface area contributed by atoms with Crippen molar-refractivity contribution in [1.82, 2.24) is 19.3 Å². The van der Waals surface area contributed by atoms with Crippen molar-refractivity contribution in [3.8, 4) is 0 Å². The van der Waals surface area contributed by atoms with Gasteiger partial charge in [0.25, 0.3) is 0 Å². The zero-order valence-corrected chi connectivity index (χ0v) is 18.9. The van der Waals surface area contributed by atoms with Crippen LogP contribution in [-0.4, -0.2) is 59.8 Å². The van der Waals surface area contributed by atoms with Crippen molar-refractivity contribution in [2.75, 3.05) is 26.2 Å². The van der Waals surface area contributed by atoms with Crippen molar-refractivity contribution in [1.29, 1.82) is 0 Å². The third-order valence-electron chi connectivity index (χ3n) is 6.09. The fourth-order valence-electron chi connectivity index (χ4n) is 4.29. The standard InChI is InChI=1S/C22H30N4O4S/c1-2-5-20-23-21(30-24-20)10-11-22(27)25-12-14-26(15-13-25)31(28,29)19-9-8-17-6-3-4-7-18(17)16-19/h8-9,16H,2-7,10-15H2,1H3. The summed E-state index contributed by atoms with van der Waals surface area (Å²) < 4.78 is 32.9. The Balaban J connectivity index is 1.31. The summed E-state index contributed by atoms with van der Waals surface area (Å²) >= 11 is 0. The molecule has 9 heteroatoms. The molecule has 1 aromatic heterocycles. The van der Waals surface area contributed by atoms with Crippen LogP contribution in [0.15, 0.2) is 27.6 Å². The lowest BCUT2D eigenvalue weighted by atomic mass is 9.92. The van der Waals surface area contributed by atoms with E-state index >= 15 is 0 Å². The topological polar surface area (TPSA) is 96.6 Å². The van der Waals surface area contributed by atoms with Gasteiger partial charge in [-0.15, -0.1) is 0 Å². The summed E-state index contributed by atoms with van der Waals surface area (Å²) in [5.74, 6) is 1.14. The minimum Gasteiger partial charge on any atom is -0.340 e. The van der Waals surface area contributed by atoms with Crippen molar-refractivity contribution in [3.63, 3.8) is 0 Å². The lowest BCUT2D eigenvalue weighted by Gasteiger charge is -2.34. The first-order valence-electron chi connectivity index (χ1n) is 11.2. The summed E-state index contributed by atoms with van der Waals surface area (Å²) in [6.07, 6.45) is 6.65. The van der Waals surface area contributed by atoms with Gasteiger partial charge in [0.2, 0.25) is 21.8 Å². The summed E-state index contributed by atoms with van der Waals surface area (Å²) in [5, 5.41) is 3.90. The molecule has 1 aromatic carbocycles. The van der Waals surface area contributed by atoms with E-state index < -0.39 is 10.0 Å². The van der Waals surface area contributed by atoms with Gasteiger partial charge in [-0.3, -0.25) is 4.79 Å². The molecule has 8 nitrogen and oxygen atoms in total. The molecular weight excluding hydrogens is 416 g/mol. The van der Waals surface area contributed by atoms with Gasteiger partial charge in [0.1, 0.15) is 0 Å². The Morgan fingerprint density at radius 1 is 1.06 bits per heavy atom. The molecular formula is C22H30N4O4S. The highest BCUT2D eigenvalue weighted by Gasteiger charge is 2.30. The fourth-order valence-corrected chi connectivity index (χ4v) is 5.76. The monoisotopic (exact) mass is 446 g/mol. The molecule has 1 amide bonds. The number of fused-ring (bicyclic) bond motifs is 1. The second-order valence-corrected chi connectivity index (χ2v) is 10.2. The van der Waals surface area contributed by atoms with E-state index in [4.69, 9.17) is 4.52 Å². The van der Waals surface area contributed by atoms with E-state index in [2.05, 4.69) is 10.1 Å². The fraction of sp³-hybridized carbons (Fsp3) is 0.591. The van der Waals surface area contributed by atoms with Crippen LogP contribution in [0.25, 0.3) is 0 Å². The molecule has 1 aliphatic carbocycles. The number of piperazine rings is 1. The van der Waals surface area contributed by atoms with E-state index in [9.17, 15) is 13.2 Å². The molecule has 0 atom stereocenters. The number of benzene rings is 1. The van der Waals surface area contributed by atoms with E-state index in [-0.39, 0.29) is 12.3 Å². The van der Waals surface area contributed by atoms with Gasteiger partial charge in [0, 0.05) is 45.4 Å². The zero-order chi connectivity index (χ0) is 21.8. The number of carbonyl (C=O) groups excluding carboxylic acids is 1. The summed E-state index contributed by atoms with van der Waals surface area (Å²) in [5.41, 5.74) is 2.42. The van der Waals surface area contributed by atoms with Crippen LogP contribution in [0.1, 0.15) is 55.4 Å². The number of rotatable bonds is 7. The number of amides is 1. The number of carbonyl (C=O) groups is 1. The lowest BCUT2D eigenvalue weighted by Crippen LogP contribution is -2.50. The molecule has 0 spiro atoms. The Morgan fingerprint density at radius 2 is 1.81 bits per heavy atom. The molecule has 0 radical (unpaired) electrons. The molecule has 0 N–H and O–H groups in total. The van der Waals surface area contributed by atoms with Gasteiger partial charge in [-0.1, -0.05) is 18.1 Å². The molecule has 1 saturated heterocycles. The van der Waals surface area contributed by atoms with Crippen LogP contribution in [0.5, 0.6) is 0 Å². The quantitative estimate of drug-likeness (QED) is 0.648. The van der Waals surface area contributed by atoms with E-state index in [1.54, 1.807) is 11.0 Å². The van der Waals surface area contributed by atoms with Crippen LogP contribution in [0.2, 0.25) is 0 Å². The second kappa shape index (κ2) is 9.48. The van der Waals surface area contributed by atoms with Gasteiger partial charge < -0.3 is 9.42 Å². The van der Waals surface area contributed by atoms with Crippen molar-refractivity contribution in [3.05, 3.63) is 41.0 Å². The maximum Gasteiger partial charge on any atom is 0.243 e. The molecule has 1 aliphatic heterocycles. The Morgan fingerprint density at radius 3 is 2.55 bits per heavy atom. The number of aromatic nitrogens is 2. The first-order valence-corrected chi connectivity index (χ1v) is 12.6. The van der Waals surface area contributed by atoms with E-state index in [0.29, 0.717) is 49.2 Å². The highest BCUT2D eigenvalue weighted by molar-refractivity contribution is 7.89. The highest BCUT2D eigenvalue weighted by Crippen LogP contribution is 2.26. The maximum atomic E-state index is 13.1. The van der Waals surface area contributed by atoms with E-state index in [0.717, 1.165) is 37.7 Å². The number of hydrogen-bond acceptors (Lipinski definition) is 6. The minimum absolute atomic E-state index is 0.0129. The Hall–Kier alpha value is -2.26. The van der Waals surface area contributed by atoms with Crippen LogP contribution in [0.4, 0.5) is 0 Å². The molecule has 1 fully saturated rings. The van der Waals surface area contributed by atoms with Gasteiger partial charge in [-0.25, -0.2) is 8.42 Å². The Labute approximate surface area is 183 Å². The van der Waals surface area contributed by atoms with Gasteiger partial charge >= 0.3 is 0 Å². The van der Waals surface area contributed by atoms with E-state index in [1.165, 1.54) is 16.3 Å².